The lowest BCUT2D eigenvalue weighted by molar-refractivity contribution is -0.0543. The minimum Gasteiger partial charge on any atom is -0.381 e. The second-order valence-electron chi connectivity index (χ2n) is 4.71. The van der Waals surface area contributed by atoms with Gasteiger partial charge in [0.1, 0.15) is 0 Å². The van der Waals surface area contributed by atoms with E-state index in [0.29, 0.717) is 26.2 Å². The highest BCUT2D eigenvalue weighted by molar-refractivity contribution is 7.87. The van der Waals surface area contributed by atoms with Crippen LogP contribution in [0.4, 0.5) is 13.2 Å². The van der Waals surface area contributed by atoms with Gasteiger partial charge in [-0.2, -0.15) is 21.6 Å². The molecule has 0 spiro atoms. The summed E-state index contributed by atoms with van der Waals surface area (Å²) in [5.74, 6) is 0. The predicted molar refractivity (Wildman–Crippen MR) is 75.9 cm³/mol. The van der Waals surface area contributed by atoms with Crippen LogP contribution >= 0.6 is 0 Å². The molecule has 0 bridgehead atoms. The molecule has 0 aliphatic carbocycles. The zero-order chi connectivity index (χ0) is 16.9. The monoisotopic (exact) mass is 350 g/mol. The fourth-order valence-corrected chi connectivity index (χ4v) is 1.87. The van der Waals surface area contributed by atoms with Crippen LogP contribution in [0.5, 0.6) is 0 Å². The van der Waals surface area contributed by atoms with Gasteiger partial charge in [0.25, 0.3) is 0 Å². The number of hydrogen-bond donors (Lipinski definition) is 0. The summed E-state index contributed by atoms with van der Waals surface area (Å²) >= 11 is 0. The Hall–Kier alpha value is -0.380. The largest absolute Gasteiger partial charge is 0.523 e. The van der Waals surface area contributed by atoms with Crippen LogP contribution in [0.2, 0.25) is 0 Å². The highest BCUT2D eigenvalue weighted by Crippen LogP contribution is 2.24. The SMILES string of the molecule is CCCCOCCCCOCCCCOS(=O)(=O)C(F)(F)F. The van der Waals surface area contributed by atoms with Crippen LogP contribution in [0.1, 0.15) is 45.4 Å². The summed E-state index contributed by atoms with van der Waals surface area (Å²) in [4.78, 5) is 0. The van der Waals surface area contributed by atoms with Gasteiger partial charge in [0.15, 0.2) is 0 Å². The van der Waals surface area contributed by atoms with Crippen LogP contribution in [0.25, 0.3) is 0 Å². The van der Waals surface area contributed by atoms with E-state index in [1.807, 2.05) is 0 Å². The lowest BCUT2D eigenvalue weighted by Crippen LogP contribution is -2.25. The Bertz CT molecular complexity index is 357. The van der Waals surface area contributed by atoms with Crippen molar-refractivity contribution in [3.05, 3.63) is 0 Å². The van der Waals surface area contributed by atoms with Gasteiger partial charge in [-0.1, -0.05) is 13.3 Å². The molecular weight excluding hydrogens is 325 g/mol. The van der Waals surface area contributed by atoms with Gasteiger partial charge in [-0.25, -0.2) is 0 Å². The summed E-state index contributed by atoms with van der Waals surface area (Å²) in [6.45, 7) is 4.01. The molecule has 0 aromatic heterocycles. The molecule has 0 unspecified atom stereocenters. The van der Waals surface area contributed by atoms with Gasteiger partial charge in [0.05, 0.1) is 6.61 Å². The quantitative estimate of drug-likeness (QED) is 0.273. The first-order valence-electron chi connectivity index (χ1n) is 7.42. The van der Waals surface area contributed by atoms with Crippen LogP contribution < -0.4 is 0 Å². The van der Waals surface area contributed by atoms with Gasteiger partial charge >= 0.3 is 15.6 Å². The highest BCUT2D eigenvalue weighted by Gasteiger charge is 2.47. The zero-order valence-corrected chi connectivity index (χ0v) is 13.7. The van der Waals surface area contributed by atoms with Gasteiger partial charge in [-0.15, -0.1) is 0 Å². The summed E-state index contributed by atoms with van der Waals surface area (Å²) in [6.07, 6.45) is 4.55. The minimum absolute atomic E-state index is 0.190. The summed E-state index contributed by atoms with van der Waals surface area (Å²) in [5.41, 5.74) is -5.36. The molecule has 9 heteroatoms. The minimum atomic E-state index is -5.47. The van der Waals surface area contributed by atoms with Crippen molar-refractivity contribution in [2.24, 2.45) is 0 Å². The molecule has 0 aromatic carbocycles. The van der Waals surface area contributed by atoms with Crippen molar-refractivity contribution in [2.75, 3.05) is 33.0 Å². The van der Waals surface area contributed by atoms with E-state index in [2.05, 4.69) is 11.1 Å². The van der Waals surface area contributed by atoms with Crippen molar-refractivity contribution in [2.45, 2.75) is 51.0 Å². The van der Waals surface area contributed by atoms with E-state index in [1.54, 1.807) is 0 Å². The number of halogens is 3. The number of rotatable bonds is 14. The highest BCUT2D eigenvalue weighted by atomic mass is 32.2. The lowest BCUT2D eigenvalue weighted by atomic mass is 10.3. The summed E-state index contributed by atoms with van der Waals surface area (Å²) < 4.78 is 71.4. The Kier molecular flexibility index (Phi) is 11.9. The Labute approximate surface area is 130 Å². The fourth-order valence-electron chi connectivity index (χ4n) is 1.40. The summed E-state index contributed by atoms with van der Waals surface area (Å²) in [5, 5.41) is 0. The molecule has 0 rings (SSSR count). The Morgan fingerprint density at radius 2 is 1.18 bits per heavy atom. The first-order valence-corrected chi connectivity index (χ1v) is 8.83. The predicted octanol–water partition coefficient (Wildman–Crippen LogP) is 3.25. The molecule has 0 aromatic rings. The van der Waals surface area contributed by atoms with E-state index >= 15 is 0 Å². The molecule has 0 fully saturated rings. The smallest absolute Gasteiger partial charge is 0.381 e. The normalized spacial score (nSPS) is 12.7. The van der Waals surface area contributed by atoms with Crippen molar-refractivity contribution in [3.8, 4) is 0 Å². The maximum Gasteiger partial charge on any atom is 0.523 e. The molecule has 0 aliphatic heterocycles. The Morgan fingerprint density at radius 1 is 0.773 bits per heavy atom. The second kappa shape index (κ2) is 12.1. The molecule has 0 saturated heterocycles. The fraction of sp³-hybridized carbons (Fsp3) is 1.00. The zero-order valence-electron chi connectivity index (χ0n) is 12.9. The molecule has 0 heterocycles. The molecule has 0 aliphatic rings. The van der Waals surface area contributed by atoms with Crippen LogP contribution in [-0.4, -0.2) is 47.0 Å². The second-order valence-corrected chi connectivity index (χ2v) is 6.32. The number of unbranched alkanes of at least 4 members (excludes halogenated alkanes) is 3. The van der Waals surface area contributed by atoms with Gasteiger partial charge < -0.3 is 9.47 Å². The van der Waals surface area contributed by atoms with Gasteiger partial charge in [0.2, 0.25) is 0 Å². The number of hydrogen-bond acceptors (Lipinski definition) is 5. The summed E-state index contributed by atoms with van der Waals surface area (Å²) in [6, 6.07) is 0. The Morgan fingerprint density at radius 3 is 1.59 bits per heavy atom. The maximum absolute atomic E-state index is 11.9. The van der Waals surface area contributed by atoms with Gasteiger partial charge in [-0.05, 0) is 32.1 Å². The van der Waals surface area contributed by atoms with E-state index < -0.39 is 22.2 Å². The molecule has 0 saturated carbocycles. The van der Waals surface area contributed by atoms with Crippen LogP contribution in [-0.2, 0) is 23.8 Å². The lowest BCUT2D eigenvalue weighted by Gasteiger charge is -2.08. The van der Waals surface area contributed by atoms with E-state index in [1.165, 1.54) is 0 Å². The van der Waals surface area contributed by atoms with Gasteiger partial charge in [-0.3, -0.25) is 4.18 Å². The first-order chi connectivity index (χ1) is 10.3. The molecule has 5 nitrogen and oxygen atoms in total. The maximum atomic E-state index is 11.9. The van der Waals surface area contributed by atoms with Crippen molar-refractivity contribution in [1.82, 2.24) is 0 Å². The van der Waals surface area contributed by atoms with Crippen LogP contribution in [0.3, 0.4) is 0 Å². The molecule has 0 atom stereocenters. The summed E-state index contributed by atoms with van der Waals surface area (Å²) in [7, 11) is -5.47. The third kappa shape index (κ3) is 11.2. The first kappa shape index (κ1) is 21.6. The molecule has 0 N–H and O–H groups in total. The third-order valence-corrected chi connectivity index (χ3v) is 3.72. The van der Waals surface area contributed by atoms with Crippen molar-refractivity contribution in [3.63, 3.8) is 0 Å². The Balaban J connectivity index is 3.31. The molecule has 22 heavy (non-hydrogen) atoms. The van der Waals surface area contributed by atoms with E-state index in [-0.39, 0.29) is 6.42 Å². The average Bonchev–Trinajstić information content (AvgIpc) is 2.42. The number of alkyl halides is 3. The number of ether oxygens (including phenoxy) is 2. The van der Waals surface area contributed by atoms with Crippen molar-refractivity contribution >= 4 is 10.1 Å². The standard InChI is InChI=1S/C13H25F3O5S/c1-2-3-8-19-9-4-5-10-20-11-6-7-12-21-22(17,18)13(14,15)16/h2-12H2,1H3. The molecule has 0 radical (unpaired) electrons. The van der Waals surface area contributed by atoms with E-state index in [0.717, 1.165) is 32.3 Å². The van der Waals surface area contributed by atoms with Crippen LogP contribution in [0.15, 0.2) is 0 Å². The van der Waals surface area contributed by atoms with E-state index in [9.17, 15) is 21.6 Å². The van der Waals surface area contributed by atoms with Crippen LogP contribution in [0, 0.1) is 0 Å². The van der Waals surface area contributed by atoms with E-state index in [4.69, 9.17) is 9.47 Å². The van der Waals surface area contributed by atoms with Crippen molar-refractivity contribution in [1.29, 1.82) is 0 Å². The van der Waals surface area contributed by atoms with Crippen molar-refractivity contribution < 1.29 is 35.2 Å². The van der Waals surface area contributed by atoms with Gasteiger partial charge in [0, 0.05) is 26.4 Å². The molecule has 134 valence electrons. The molecule has 0 amide bonds. The molecular formula is C13H25F3O5S. The average molecular weight is 350 g/mol. The topological polar surface area (TPSA) is 61.8 Å². The third-order valence-electron chi connectivity index (χ3n) is 2.67.